The summed E-state index contributed by atoms with van der Waals surface area (Å²) < 4.78 is 0. The monoisotopic (exact) mass is 349 g/mol. The summed E-state index contributed by atoms with van der Waals surface area (Å²) in [5.41, 5.74) is 4.76. The van der Waals surface area contributed by atoms with Gasteiger partial charge >= 0.3 is 0 Å². The summed E-state index contributed by atoms with van der Waals surface area (Å²) in [5, 5.41) is 9.54. The Labute approximate surface area is 151 Å². The Morgan fingerprint density at radius 3 is 2.08 bits per heavy atom. The molecule has 0 atom stereocenters. The first kappa shape index (κ1) is 16.7. The SMILES string of the molecule is Cl.Oc1ccc(-c2nc(-c3ccccc3)[nH]c2-c2ccncc2)cc1. The van der Waals surface area contributed by atoms with Gasteiger partial charge in [-0.15, -0.1) is 12.4 Å². The predicted molar refractivity (Wildman–Crippen MR) is 102 cm³/mol. The number of benzene rings is 2. The lowest BCUT2D eigenvalue weighted by Crippen LogP contribution is -1.84. The molecule has 2 aromatic heterocycles. The van der Waals surface area contributed by atoms with Gasteiger partial charge < -0.3 is 10.1 Å². The number of aromatic nitrogens is 3. The van der Waals surface area contributed by atoms with Gasteiger partial charge in [-0.1, -0.05) is 30.3 Å². The minimum Gasteiger partial charge on any atom is -0.508 e. The standard InChI is InChI=1S/C20H15N3O.ClH/c24-17-8-6-14(7-9-17)18-19(15-10-12-21-13-11-15)23-20(22-18)16-4-2-1-3-5-16;/h1-13,24H,(H,22,23);1H. The van der Waals surface area contributed by atoms with Crippen LogP contribution in [0, 0.1) is 0 Å². The first-order chi connectivity index (χ1) is 11.8. The minimum absolute atomic E-state index is 0. The summed E-state index contributed by atoms with van der Waals surface area (Å²) in [6, 6.07) is 21.0. The molecule has 5 heteroatoms. The zero-order chi connectivity index (χ0) is 16.4. The molecule has 0 aliphatic rings. The number of rotatable bonds is 3. The predicted octanol–water partition coefficient (Wildman–Crippen LogP) is 4.93. The molecule has 25 heavy (non-hydrogen) atoms. The van der Waals surface area contributed by atoms with E-state index in [9.17, 15) is 5.11 Å². The number of pyridine rings is 1. The number of H-pyrrole nitrogens is 1. The number of imidazole rings is 1. The van der Waals surface area contributed by atoms with Crippen molar-refractivity contribution in [1.82, 2.24) is 15.0 Å². The maximum Gasteiger partial charge on any atom is 0.138 e. The Balaban J connectivity index is 0.00000182. The topological polar surface area (TPSA) is 61.8 Å². The van der Waals surface area contributed by atoms with Crippen molar-refractivity contribution in [3.63, 3.8) is 0 Å². The fraction of sp³-hybridized carbons (Fsp3) is 0. The molecule has 0 saturated heterocycles. The Morgan fingerprint density at radius 2 is 1.40 bits per heavy atom. The summed E-state index contributed by atoms with van der Waals surface area (Å²) in [7, 11) is 0. The van der Waals surface area contributed by atoms with Crippen LogP contribution in [0.3, 0.4) is 0 Å². The molecule has 0 bridgehead atoms. The van der Waals surface area contributed by atoms with E-state index < -0.39 is 0 Å². The molecule has 4 rings (SSSR count). The highest BCUT2D eigenvalue weighted by atomic mass is 35.5. The molecule has 0 unspecified atom stereocenters. The Kier molecular flexibility index (Phi) is 4.82. The van der Waals surface area contributed by atoms with Crippen LogP contribution in [0.1, 0.15) is 0 Å². The quantitative estimate of drug-likeness (QED) is 0.551. The second-order valence-corrected chi connectivity index (χ2v) is 5.46. The molecular formula is C20H16ClN3O. The van der Waals surface area contributed by atoms with E-state index in [1.807, 2.05) is 54.6 Å². The van der Waals surface area contributed by atoms with Crippen molar-refractivity contribution in [1.29, 1.82) is 0 Å². The third kappa shape index (κ3) is 3.39. The molecule has 4 aromatic rings. The maximum absolute atomic E-state index is 9.54. The molecule has 0 saturated carbocycles. The van der Waals surface area contributed by atoms with Crippen molar-refractivity contribution in [3.05, 3.63) is 79.1 Å². The Bertz CT molecular complexity index is 951. The summed E-state index contributed by atoms with van der Waals surface area (Å²) in [6.07, 6.45) is 3.53. The van der Waals surface area contributed by atoms with Crippen LogP contribution in [0.25, 0.3) is 33.9 Å². The van der Waals surface area contributed by atoms with Gasteiger partial charge in [0.2, 0.25) is 0 Å². The highest BCUT2D eigenvalue weighted by Gasteiger charge is 2.15. The molecule has 0 aliphatic carbocycles. The van der Waals surface area contributed by atoms with Crippen LogP contribution in [0.4, 0.5) is 0 Å². The zero-order valence-electron chi connectivity index (χ0n) is 13.3. The van der Waals surface area contributed by atoms with E-state index in [-0.39, 0.29) is 18.2 Å². The van der Waals surface area contributed by atoms with Gasteiger partial charge in [-0.25, -0.2) is 4.98 Å². The van der Waals surface area contributed by atoms with Crippen LogP contribution in [0.15, 0.2) is 79.1 Å². The molecule has 4 nitrogen and oxygen atoms in total. The molecule has 2 N–H and O–H groups in total. The van der Waals surface area contributed by atoms with Crippen molar-refractivity contribution in [2.24, 2.45) is 0 Å². The Hall–Kier alpha value is -3.11. The highest BCUT2D eigenvalue weighted by Crippen LogP contribution is 2.33. The van der Waals surface area contributed by atoms with Crippen molar-refractivity contribution in [2.45, 2.75) is 0 Å². The van der Waals surface area contributed by atoms with Crippen molar-refractivity contribution < 1.29 is 5.11 Å². The van der Waals surface area contributed by atoms with Crippen LogP contribution in [0.5, 0.6) is 5.75 Å². The number of aromatic hydroxyl groups is 1. The van der Waals surface area contributed by atoms with Gasteiger partial charge in [-0.3, -0.25) is 4.98 Å². The maximum atomic E-state index is 9.54. The zero-order valence-corrected chi connectivity index (χ0v) is 14.1. The number of hydrogen-bond donors (Lipinski definition) is 2. The number of phenolic OH excluding ortho intramolecular Hbond substituents is 1. The van der Waals surface area contributed by atoms with E-state index in [4.69, 9.17) is 4.98 Å². The lowest BCUT2D eigenvalue weighted by molar-refractivity contribution is 0.475. The number of halogens is 1. The van der Waals surface area contributed by atoms with Crippen molar-refractivity contribution >= 4 is 12.4 Å². The second kappa shape index (κ2) is 7.20. The minimum atomic E-state index is 0. The number of phenols is 1. The van der Waals surface area contributed by atoms with Crippen molar-refractivity contribution in [2.75, 3.05) is 0 Å². The lowest BCUT2D eigenvalue weighted by Gasteiger charge is -2.03. The van der Waals surface area contributed by atoms with Gasteiger partial charge in [0.05, 0.1) is 11.4 Å². The van der Waals surface area contributed by atoms with E-state index in [0.29, 0.717) is 0 Å². The smallest absolute Gasteiger partial charge is 0.138 e. The number of nitrogens with one attached hydrogen (secondary N) is 1. The summed E-state index contributed by atoms with van der Waals surface area (Å²) in [4.78, 5) is 12.3. The number of aromatic amines is 1. The molecule has 124 valence electrons. The highest BCUT2D eigenvalue weighted by molar-refractivity contribution is 5.85. The van der Waals surface area contributed by atoms with Gasteiger partial charge in [-0.05, 0) is 36.4 Å². The van der Waals surface area contributed by atoms with Crippen LogP contribution in [-0.2, 0) is 0 Å². The molecule has 2 heterocycles. The molecule has 0 aliphatic heterocycles. The third-order valence-corrected chi connectivity index (χ3v) is 3.86. The van der Waals surface area contributed by atoms with E-state index in [2.05, 4.69) is 9.97 Å². The van der Waals surface area contributed by atoms with E-state index in [1.165, 1.54) is 0 Å². The molecule has 2 aromatic carbocycles. The first-order valence-corrected chi connectivity index (χ1v) is 7.66. The summed E-state index contributed by atoms with van der Waals surface area (Å²) in [6.45, 7) is 0. The fourth-order valence-electron chi connectivity index (χ4n) is 2.66. The Morgan fingerprint density at radius 1 is 0.720 bits per heavy atom. The van der Waals surface area contributed by atoms with E-state index in [1.54, 1.807) is 24.5 Å². The van der Waals surface area contributed by atoms with E-state index >= 15 is 0 Å². The number of hydrogen-bond acceptors (Lipinski definition) is 3. The largest absolute Gasteiger partial charge is 0.508 e. The lowest BCUT2D eigenvalue weighted by atomic mass is 10.1. The van der Waals surface area contributed by atoms with Crippen LogP contribution < -0.4 is 0 Å². The molecule has 0 fully saturated rings. The van der Waals surface area contributed by atoms with Crippen LogP contribution in [-0.4, -0.2) is 20.1 Å². The normalized spacial score (nSPS) is 10.2. The molecule has 0 amide bonds. The fourth-order valence-corrected chi connectivity index (χ4v) is 2.66. The van der Waals surface area contributed by atoms with Crippen LogP contribution in [0.2, 0.25) is 0 Å². The van der Waals surface area contributed by atoms with Gasteiger partial charge in [0.1, 0.15) is 11.6 Å². The molecular weight excluding hydrogens is 334 g/mol. The first-order valence-electron chi connectivity index (χ1n) is 7.66. The van der Waals surface area contributed by atoms with Gasteiger partial charge in [0.25, 0.3) is 0 Å². The van der Waals surface area contributed by atoms with Crippen molar-refractivity contribution in [3.8, 4) is 39.7 Å². The summed E-state index contributed by atoms with van der Waals surface area (Å²) >= 11 is 0. The third-order valence-electron chi connectivity index (χ3n) is 3.86. The van der Waals surface area contributed by atoms with Gasteiger partial charge in [0, 0.05) is 29.1 Å². The average molecular weight is 350 g/mol. The van der Waals surface area contributed by atoms with Crippen LogP contribution >= 0.6 is 12.4 Å². The molecule has 0 radical (unpaired) electrons. The second-order valence-electron chi connectivity index (χ2n) is 5.46. The average Bonchev–Trinajstić information content (AvgIpc) is 3.09. The van der Waals surface area contributed by atoms with Gasteiger partial charge in [0.15, 0.2) is 0 Å². The van der Waals surface area contributed by atoms with Gasteiger partial charge in [-0.2, -0.15) is 0 Å². The summed E-state index contributed by atoms with van der Waals surface area (Å²) in [5.74, 6) is 1.05. The number of nitrogens with zero attached hydrogens (tertiary/aromatic N) is 2. The molecule has 0 spiro atoms. The van der Waals surface area contributed by atoms with E-state index in [0.717, 1.165) is 33.9 Å².